The fourth-order valence-electron chi connectivity index (χ4n) is 7.37. The van der Waals surface area contributed by atoms with Gasteiger partial charge in [-0.25, -0.2) is 4.98 Å². The number of anilines is 1. The van der Waals surface area contributed by atoms with Gasteiger partial charge in [-0.15, -0.1) is 0 Å². The Kier molecular flexibility index (Phi) is 10.8. The van der Waals surface area contributed by atoms with Gasteiger partial charge in [-0.05, 0) is 74.2 Å². The van der Waals surface area contributed by atoms with Gasteiger partial charge in [0.25, 0.3) is 5.91 Å². The number of aromatic nitrogens is 3. The number of para-hydroxylation sites is 2. The van der Waals surface area contributed by atoms with Crippen molar-refractivity contribution in [2.75, 3.05) is 78.7 Å². The number of aromatic amines is 1. The molecular formula is C37H45N7O5. The molecule has 2 aliphatic rings. The minimum atomic E-state index is -0.186. The molecule has 0 spiro atoms. The summed E-state index contributed by atoms with van der Waals surface area (Å²) in [5, 5.41) is 8.94. The van der Waals surface area contributed by atoms with Crippen LogP contribution >= 0.6 is 0 Å². The van der Waals surface area contributed by atoms with Crippen molar-refractivity contribution in [3.63, 3.8) is 0 Å². The van der Waals surface area contributed by atoms with Gasteiger partial charge in [0.2, 0.25) is 11.7 Å². The highest BCUT2D eigenvalue weighted by Gasteiger charge is 2.42. The Bertz CT molecular complexity index is 1690. The number of carbonyl (C=O) groups is 1. The van der Waals surface area contributed by atoms with Crippen LogP contribution in [-0.4, -0.2) is 111 Å². The van der Waals surface area contributed by atoms with E-state index in [2.05, 4.69) is 38.0 Å². The summed E-state index contributed by atoms with van der Waals surface area (Å²) >= 11 is 0. The second kappa shape index (κ2) is 15.6. The molecular weight excluding hydrogens is 622 g/mol. The predicted molar refractivity (Wildman–Crippen MR) is 186 cm³/mol. The van der Waals surface area contributed by atoms with Crippen molar-refractivity contribution in [1.29, 1.82) is 5.26 Å². The molecule has 2 aliphatic heterocycles. The van der Waals surface area contributed by atoms with Crippen LogP contribution in [0.3, 0.4) is 0 Å². The summed E-state index contributed by atoms with van der Waals surface area (Å²) in [6.45, 7) is 5.32. The van der Waals surface area contributed by atoms with E-state index in [1.165, 1.54) is 5.56 Å². The van der Waals surface area contributed by atoms with Gasteiger partial charge in [-0.3, -0.25) is 9.78 Å². The van der Waals surface area contributed by atoms with Crippen LogP contribution in [0.25, 0.3) is 11.0 Å². The van der Waals surface area contributed by atoms with Crippen LogP contribution in [0, 0.1) is 11.3 Å². The molecule has 12 nitrogen and oxygen atoms in total. The molecule has 258 valence electrons. The number of likely N-dealkylation sites (tertiary alicyclic amines) is 2. The lowest BCUT2D eigenvalue weighted by molar-refractivity contribution is 0.0779. The average Bonchev–Trinajstić information content (AvgIpc) is 3.79. The van der Waals surface area contributed by atoms with Gasteiger partial charge in [0.05, 0.1) is 45.0 Å². The first-order valence-electron chi connectivity index (χ1n) is 16.9. The number of benzene rings is 2. The zero-order chi connectivity index (χ0) is 34.2. The van der Waals surface area contributed by atoms with Crippen molar-refractivity contribution in [2.45, 2.75) is 37.1 Å². The summed E-state index contributed by atoms with van der Waals surface area (Å²) in [4.78, 5) is 33.4. The summed E-state index contributed by atoms with van der Waals surface area (Å²) in [6.07, 6.45) is 7.47. The number of amides is 1. The van der Waals surface area contributed by atoms with Crippen molar-refractivity contribution in [1.82, 2.24) is 24.8 Å². The van der Waals surface area contributed by atoms with Gasteiger partial charge in [-0.1, -0.05) is 12.1 Å². The number of hydrogen-bond donors (Lipinski definition) is 1. The summed E-state index contributed by atoms with van der Waals surface area (Å²) in [5.74, 6) is 2.18. The van der Waals surface area contributed by atoms with Gasteiger partial charge < -0.3 is 38.6 Å². The van der Waals surface area contributed by atoms with Crippen LogP contribution in [0.1, 0.15) is 41.6 Å². The summed E-state index contributed by atoms with van der Waals surface area (Å²) in [6, 6.07) is 18.1. The smallest absolute Gasteiger partial charge is 0.254 e. The molecule has 2 fully saturated rings. The fourth-order valence-corrected chi connectivity index (χ4v) is 7.37. The van der Waals surface area contributed by atoms with Crippen LogP contribution in [0.2, 0.25) is 0 Å². The van der Waals surface area contributed by atoms with Gasteiger partial charge in [0, 0.05) is 62.1 Å². The molecule has 0 bridgehead atoms. The van der Waals surface area contributed by atoms with Crippen LogP contribution in [0.15, 0.2) is 60.9 Å². The number of ether oxygens (including phenoxy) is 4. The van der Waals surface area contributed by atoms with E-state index in [4.69, 9.17) is 29.2 Å². The molecule has 4 aromatic rings. The molecule has 1 unspecified atom stereocenters. The lowest BCUT2D eigenvalue weighted by Crippen LogP contribution is -2.47. The number of H-pyrrole nitrogens is 1. The highest BCUT2D eigenvalue weighted by atomic mass is 16.5. The molecule has 4 heterocycles. The zero-order valence-electron chi connectivity index (χ0n) is 28.6. The Balaban J connectivity index is 1.13. The standard InChI is InChI=1S/C37H45N7O5/c1-46-32-24-27(25-33(47-2)34(32)48-3)35(45)43-20-13-37(26-43,28-8-15-39-16-9-28)12-19-42-17-10-29(11-18-42)44(21-23-49-22-14-38)36-40-30-6-4-5-7-31(30)41-36/h4-9,15-16,24-25,29H,10-13,17-23,26H2,1-3H3,(H,40,41). The number of piperidine rings is 1. The first-order valence-corrected chi connectivity index (χ1v) is 16.9. The molecule has 49 heavy (non-hydrogen) atoms. The van der Waals surface area contributed by atoms with Gasteiger partial charge in [0.1, 0.15) is 6.61 Å². The molecule has 12 heteroatoms. The maximum atomic E-state index is 13.9. The van der Waals surface area contributed by atoms with E-state index in [0.29, 0.717) is 55.1 Å². The van der Waals surface area contributed by atoms with E-state index in [1.54, 1.807) is 33.5 Å². The number of nitrogens with one attached hydrogen (secondary N) is 1. The number of methoxy groups -OCH3 is 3. The molecule has 2 aromatic carbocycles. The summed E-state index contributed by atoms with van der Waals surface area (Å²) < 4.78 is 22.1. The molecule has 1 amide bonds. The number of nitriles is 1. The highest BCUT2D eigenvalue weighted by Crippen LogP contribution is 2.41. The Hall–Kier alpha value is -4.86. The lowest BCUT2D eigenvalue weighted by atomic mass is 9.77. The third kappa shape index (κ3) is 7.43. The van der Waals surface area contributed by atoms with E-state index in [-0.39, 0.29) is 17.9 Å². The van der Waals surface area contributed by atoms with Crippen molar-refractivity contribution < 1.29 is 23.7 Å². The SMILES string of the molecule is COc1cc(C(=O)N2CCC(CCN3CCC(N(CCOCC#N)c4nc5ccccc5[nH]4)CC3)(c3ccncc3)C2)cc(OC)c1OC. The number of rotatable bonds is 14. The Morgan fingerprint density at radius 2 is 1.78 bits per heavy atom. The van der Waals surface area contributed by atoms with Crippen LogP contribution in [-0.2, 0) is 10.2 Å². The lowest BCUT2D eigenvalue weighted by Gasteiger charge is -2.40. The van der Waals surface area contributed by atoms with Crippen molar-refractivity contribution in [3.05, 3.63) is 72.1 Å². The topological polar surface area (TPSA) is 129 Å². The molecule has 0 saturated carbocycles. The maximum Gasteiger partial charge on any atom is 0.254 e. The van der Waals surface area contributed by atoms with E-state index in [1.807, 2.05) is 41.6 Å². The molecule has 0 aliphatic carbocycles. The molecule has 1 N–H and O–H groups in total. The minimum absolute atomic E-state index is 0.0552. The number of hydrogen-bond acceptors (Lipinski definition) is 10. The molecule has 2 saturated heterocycles. The van der Waals surface area contributed by atoms with Crippen LogP contribution in [0.5, 0.6) is 17.2 Å². The maximum absolute atomic E-state index is 13.9. The second-order valence-corrected chi connectivity index (χ2v) is 12.7. The van der Waals surface area contributed by atoms with E-state index < -0.39 is 0 Å². The summed E-state index contributed by atoms with van der Waals surface area (Å²) in [7, 11) is 4.67. The van der Waals surface area contributed by atoms with Crippen LogP contribution < -0.4 is 19.1 Å². The number of carbonyl (C=O) groups excluding carboxylic acids is 1. The number of pyridine rings is 1. The Morgan fingerprint density at radius 3 is 2.45 bits per heavy atom. The first kappa shape index (κ1) is 34.0. The van der Waals surface area contributed by atoms with E-state index >= 15 is 0 Å². The van der Waals surface area contributed by atoms with Crippen molar-refractivity contribution in [2.24, 2.45) is 0 Å². The van der Waals surface area contributed by atoms with Crippen molar-refractivity contribution in [3.8, 4) is 23.3 Å². The van der Waals surface area contributed by atoms with Gasteiger partial charge >= 0.3 is 0 Å². The molecule has 2 aromatic heterocycles. The third-order valence-corrected chi connectivity index (χ3v) is 10.0. The zero-order valence-corrected chi connectivity index (χ0v) is 28.6. The van der Waals surface area contributed by atoms with Gasteiger partial charge in [0.15, 0.2) is 11.5 Å². The predicted octanol–water partition coefficient (Wildman–Crippen LogP) is 4.67. The van der Waals surface area contributed by atoms with Crippen molar-refractivity contribution >= 4 is 22.9 Å². The summed E-state index contributed by atoms with van der Waals surface area (Å²) in [5.41, 5.74) is 3.48. The minimum Gasteiger partial charge on any atom is -0.493 e. The molecule has 1 atom stereocenters. The average molecular weight is 668 g/mol. The number of fused-ring (bicyclic) bond motifs is 1. The first-order chi connectivity index (χ1) is 24.0. The quantitative estimate of drug-likeness (QED) is 0.190. The fraction of sp³-hybridized carbons (Fsp3) is 0.459. The number of imidazole rings is 1. The third-order valence-electron chi connectivity index (χ3n) is 10.0. The van der Waals surface area contributed by atoms with Gasteiger partial charge in [-0.2, -0.15) is 5.26 Å². The monoisotopic (exact) mass is 667 g/mol. The highest BCUT2D eigenvalue weighted by molar-refractivity contribution is 5.96. The second-order valence-electron chi connectivity index (χ2n) is 12.7. The van der Waals surface area contributed by atoms with Crippen LogP contribution in [0.4, 0.5) is 5.95 Å². The Labute approximate surface area is 287 Å². The normalized spacial score (nSPS) is 18.4. The molecule has 0 radical (unpaired) electrons. The largest absolute Gasteiger partial charge is 0.493 e. The van der Waals surface area contributed by atoms with E-state index in [0.717, 1.165) is 62.3 Å². The van der Waals surface area contributed by atoms with E-state index in [9.17, 15) is 4.79 Å². The number of nitrogens with zero attached hydrogens (tertiary/aromatic N) is 6. The Morgan fingerprint density at radius 1 is 1.04 bits per heavy atom. The molecule has 6 rings (SSSR count).